The second kappa shape index (κ2) is 9.63. The van der Waals surface area contributed by atoms with Gasteiger partial charge in [0.15, 0.2) is 0 Å². The molecule has 1 aliphatic rings. The molecule has 0 saturated carbocycles. The van der Waals surface area contributed by atoms with E-state index in [2.05, 4.69) is 5.32 Å². The van der Waals surface area contributed by atoms with Gasteiger partial charge in [0.25, 0.3) is 0 Å². The third-order valence-corrected chi connectivity index (χ3v) is 3.79. The van der Waals surface area contributed by atoms with Crippen LogP contribution in [-0.2, 0) is 14.3 Å². The van der Waals surface area contributed by atoms with Gasteiger partial charge >= 0.3 is 6.09 Å². The van der Waals surface area contributed by atoms with Crippen molar-refractivity contribution < 1.29 is 19.1 Å². The number of ether oxygens (including phenoxy) is 1. The Hall–Kier alpha value is -1.79. The fraction of sp³-hybridized carbons (Fsp3) is 0.833. The van der Waals surface area contributed by atoms with Crippen LogP contribution >= 0.6 is 0 Å². The summed E-state index contributed by atoms with van der Waals surface area (Å²) >= 11 is 0. The molecule has 0 spiro atoms. The lowest BCUT2D eigenvalue weighted by molar-refractivity contribution is -0.133. The Bertz CT molecular complexity index is 471. The molecule has 0 bridgehead atoms. The van der Waals surface area contributed by atoms with E-state index in [4.69, 9.17) is 4.74 Å². The van der Waals surface area contributed by atoms with Crippen LogP contribution in [0.2, 0.25) is 0 Å². The molecule has 7 nitrogen and oxygen atoms in total. The SMILES string of the molecule is CC(C)CC(=O)N1CCCN(C(=O)CCNC(=O)OC(C)(C)C)CC1. The number of hydrogen-bond donors (Lipinski definition) is 1. The topological polar surface area (TPSA) is 79.0 Å². The van der Waals surface area contributed by atoms with Crippen LogP contribution in [0.5, 0.6) is 0 Å². The van der Waals surface area contributed by atoms with E-state index >= 15 is 0 Å². The predicted octanol–water partition coefficient (Wildman–Crippen LogP) is 2.01. The first kappa shape index (κ1) is 21.3. The molecule has 3 amide bonds. The lowest BCUT2D eigenvalue weighted by atomic mass is 10.1. The fourth-order valence-electron chi connectivity index (χ4n) is 2.64. The highest BCUT2D eigenvalue weighted by molar-refractivity contribution is 5.78. The minimum absolute atomic E-state index is 0.00535. The summed E-state index contributed by atoms with van der Waals surface area (Å²) in [6.45, 7) is 12.2. The van der Waals surface area contributed by atoms with Crippen LogP contribution in [0.25, 0.3) is 0 Å². The Kier molecular flexibility index (Phi) is 8.19. The zero-order valence-corrected chi connectivity index (χ0v) is 16.3. The quantitative estimate of drug-likeness (QED) is 0.818. The van der Waals surface area contributed by atoms with Gasteiger partial charge in [-0.3, -0.25) is 9.59 Å². The molecule has 1 fully saturated rings. The van der Waals surface area contributed by atoms with Crippen molar-refractivity contribution >= 4 is 17.9 Å². The molecule has 0 aromatic heterocycles. The molecule has 25 heavy (non-hydrogen) atoms. The Morgan fingerprint density at radius 1 is 1.00 bits per heavy atom. The molecule has 0 atom stereocenters. The minimum atomic E-state index is -0.551. The highest BCUT2D eigenvalue weighted by Gasteiger charge is 2.22. The number of nitrogens with zero attached hydrogens (tertiary/aromatic N) is 2. The lowest BCUT2D eigenvalue weighted by Gasteiger charge is -2.23. The summed E-state index contributed by atoms with van der Waals surface area (Å²) in [6, 6.07) is 0. The molecule has 0 aromatic carbocycles. The Morgan fingerprint density at radius 2 is 1.56 bits per heavy atom. The van der Waals surface area contributed by atoms with Crippen molar-refractivity contribution in [2.24, 2.45) is 5.92 Å². The first-order valence-corrected chi connectivity index (χ1v) is 9.11. The van der Waals surface area contributed by atoms with Crippen LogP contribution < -0.4 is 5.32 Å². The molecule has 0 radical (unpaired) electrons. The molecular formula is C18H33N3O4. The molecule has 1 heterocycles. The van der Waals surface area contributed by atoms with Gasteiger partial charge in [-0.15, -0.1) is 0 Å². The molecule has 1 N–H and O–H groups in total. The van der Waals surface area contributed by atoms with E-state index in [1.165, 1.54) is 0 Å². The van der Waals surface area contributed by atoms with Crippen molar-refractivity contribution in [3.8, 4) is 0 Å². The van der Waals surface area contributed by atoms with Crippen LogP contribution in [0, 0.1) is 5.92 Å². The molecule has 0 unspecified atom stereocenters. The van der Waals surface area contributed by atoms with Crippen molar-refractivity contribution in [1.29, 1.82) is 0 Å². The standard InChI is InChI=1S/C18H33N3O4/c1-14(2)13-16(23)21-10-6-9-20(11-12-21)15(22)7-8-19-17(24)25-18(3,4)5/h14H,6-13H2,1-5H3,(H,19,24). The monoisotopic (exact) mass is 355 g/mol. The summed E-state index contributed by atoms with van der Waals surface area (Å²) < 4.78 is 5.14. The van der Waals surface area contributed by atoms with Crippen molar-refractivity contribution in [3.05, 3.63) is 0 Å². The van der Waals surface area contributed by atoms with Gasteiger partial charge in [-0.25, -0.2) is 4.79 Å². The third kappa shape index (κ3) is 8.74. The summed E-state index contributed by atoms with van der Waals surface area (Å²) in [5.41, 5.74) is -0.551. The number of rotatable bonds is 5. The molecule has 7 heteroatoms. The van der Waals surface area contributed by atoms with Gasteiger partial charge in [-0.2, -0.15) is 0 Å². The summed E-state index contributed by atoms with van der Waals surface area (Å²) in [6.07, 6.45) is 1.06. The van der Waals surface area contributed by atoms with E-state index in [1.54, 1.807) is 25.7 Å². The number of hydrogen-bond acceptors (Lipinski definition) is 4. The van der Waals surface area contributed by atoms with E-state index in [1.807, 2.05) is 18.7 Å². The lowest BCUT2D eigenvalue weighted by Crippen LogP contribution is -2.39. The number of carbonyl (C=O) groups is 3. The van der Waals surface area contributed by atoms with E-state index in [9.17, 15) is 14.4 Å². The second-order valence-electron chi connectivity index (χ2n) is 7.89. The normalized spacial score (nSPS) is 15.8. The highest BCUT2D eigenvalue weighted by atomic mass is 16.6. The Balaban J connectivity index is 2.35. The summed E-state index contributed by atoms with van der Waals surface area (Å²) in [4.78, 5) is 39.7. The second-order valence-corrected chi connectivity index (χ2v) is 7.89. The summed E-state index contributed by atoms with van der Waals surface area (Å²) in [7, 11) is 0. The maximum Gasteiger partial charge on any atom is 0.407 e. The first-order chi connectivity index (χ1) is 11.6. The van der Waals surface area contributed by atoms with E-state index in [-0.39, 0.29) is 24.8 Å². The maximum atomic E-state index is 12.3. The van der Waals surface area contributed by atoms with Gasteiger partial charge < -0.3 is 19.9 Å². The third-order valence-electron chi connectivity index (χ3n) is 3.79. The van der Waals surface area contributed by atoms with Crippen molar-refractivity contribution in [3.63, 3.8) is 0 Å². The van der Waals surface area contributed by atoms with Crippen LogP contribution in [-0.4, -0.2) is 66.0 Å². The van der Waals surface area contributed by atoms with Crippen molar-refractivity contribution in [2.45, 2.75) is 59.5 Å². The van der Waals surface area contributed by atoms with Gasteiger partial charge in [-0.1, -0.05) is 13.8 Å². The van der Waals surface area contributed by atoms with Crippen LogP contribution in [0.3, 0.4) is 0 Å². The highest BCUT2D eigenvalue weighted by Crippen LogP contribution is 2.10. The van der Waals surface area contributed by atoms with Crippen molar-refractivity contribution in [1.82, 2.24) is 15.1 Å². The van der Waals surface area contributed by atoms with Crippen LogP contribution in [0.1, 0.15) is 53.9 Å². The van der Waals surface area contributed by atoms with Crippen LogP contribution in [0.15, 0.2) is 0 Å². The zero-order chi connectivity index (χ0) is 19.0. The number of nitrogens with one attached hydrogen (secondary N) is 1. The Labute approximate surface area is 151 Å². The van der Waals surface area contributed by atoms with Crippen LogP contribution in [0.4, 0.5) is 4.79 Å². The predicted molar refractivity (Wildman–Crippen MR) is 96.1 cm³/mol. The van der Waals surface area contributed by atoms with Gasteiger partial charge in [0.1, 0.15) is 5.60 Å². The average Bonchev–Trinajstić information content (AvgIpc) is 2.70. The molecule has 1 aliphatic heterocycles. The fourth-order valence-corrected chi connectivity index (χ4v) is 2.64. The largest absolute Gasteiger partial charge is 0.444 e. The Morgan fingerprint density at radius 3 is 2.08 bits per heavy atom. The maximum absolute atomic E-state index is 12.3. The average molecular weight is 355 g/mol. The van der Waals surface area contributed by atoms with Crippen molar-refractivity contribution in [2.75, 3.05) is 32.7 Å². The minimum Gasteiger partial charge on any atom is -0.444 e. The van der Waals surface area contributed by atoms with E-state index in [0.717, 1.165) is 6.42 Å². The van der Waals surface area contributed by atoms with E-state index in [0.29, 0.717) is 38.5 Å². The summed E-state index contributed by atoms with van der Waals surface area (Å²) in [5.74, 6) is 0.498. The summed E-state index contributed by atoms with van der Waals surface area (Å²) in [5, 5.41) is 2.60. The molecule has 0 aromatic rings. The van der Waals surface area contributed by atoms with Gasteiger partial charge in [0.2, 0.25) is 11.8 Å². The molecular weight excluding hydrogens is 322 g/mol. The molecule has 1 saturated heterocycles. The van der Waals surface area contributed by atoms with E-state index < -0.39 is 11.7 Å². The molecule has 0 aliphatic carbocycles. The van der Waals surface area contributed by atoms with Gasteiger partial charge in [-0.05, 0) is 33.1 Å². The first-order valence-electron chi connectivity index (χ1n) is 9.11. The zero-order valence-electron chi connectivity index (χ0n) is 16.3. The number of amides is 3. The number of alkyl carbamates (subject to hydrolysis) is 1. The van der Waals surface area contributed by atoms with Gasteiger partial charge in [0.05, 0.1) is 0 Å². The molecule has 1 rings (SSSR count). The van der Waals surface area contributed by atoms with Gasteiger partial charge in [0, 0.05) is 45.6 Å². The smallest absolute Gasteiger partial charge is 0.407 e. The number of carbonyl (C=O) groups excluding carboxylic acids is 3. The molecule has 144 valence electrons.